The van der Waals surface area contributed by atoms with Crippen LogP contribution in [0.2, 0.25) is 0 Å². The molecule has 0 radical (unpaired) electrons. The minimum atomic E-state index is -0.126. The maximum Gasteiger partial charge on any atom is 0.0567 e. The lowest BCUT2D eigenvalue weighted by molar-refractivity contribution is 0.0555. The fraction of sp³-hybridized carbons (Fsp3) is 0.615. The first-order chi connectivity index (χ1) is 8.25. The van der Waals surface area contributed by atoms with Crippen molar-refractivity contribution in [2.24, 2.45) is 0 Å². The van der Waals surface area contributed by atoms with Gasteiger partial charge in [-0.25, -0.2) is 0 Å². The van der Waals surface area contributed by atoms with Gasteiger partial charge in [-0.2, -0.15) is 0 Å². The molecular weight excluding hydrogens is 214 g/mol. The molecule has 0 bridgehead atoms. The molecule has 1 saturated heterocycles. The number of aromatic nitrogens is 1. The molecule has 2 atom stereocenters. The van der Waals surface area contributed by atoms with Crippen LogP contribution in [0.15, 0.2) is 24.5 Å². The fourth-order valence-electron chi connectivity index (χ4n) is 2.27. The van der Waals surface area contributed by atoms with Gasteiger partial charge in [0.2, 0.25) is 0 Å². The highest BCUT2D eigenvalue weighted by Gasteiger charge is 2.23. The third-order valence-electron chi connectivity index (χ3n) is 3.44. The number of aliphatic hydroxyl groups is 1. The van der Waals surface area contributed by atoms with Gasteiger partial charge < -0.3 is 15.3 Å². The van der Waals surface area contributed by atoms with E-state index in [2.05, 4.69) is 22.2 Å². The summed E-state index contributed by atoms with van der Waals surface area (Å²) in [6.07, 6.45) is 5.27. The standard InChI is InChI=1S/C13H21N3O/c1-16-7-4-13(17)8-12(16)10-15-9-11-2-5-14-6-3-11/h2-3,5-6,12-13,15,17H,4,7-10H2,1H3. The van der Waals surface area contributed by atoms with Crippen LogP contribution in [0.3, 0.4) is 0 Å². The summed E-state index contributed by atoms with van der Waals surface area (Å²) in [7, 11) is 2.13. The van der Waals surface area contributed by atoms with Crippen LogP contribution >= 0.6 is 0 Å². The van der Waals surface area contributed by atoms with Crippen LogP contribution in [-0.2, 0) is 6.54 Å². The van der Waals surface area contributed by atoms with Crippen molar-refractivity contribution in [3.8, 4) is 0 Å². The lowest BCUT2D eigenvalue weighted by atomic mass is 10.00. The summed E-state index contributed by atoms with van der Waals surface area (Å²) in [5, 5.41) is 13.1. The van der Waals surface area contributed by atoms with Crippen LogP contribution in [0.1, 0.15) is 18.4 Å². The van der Waals surface area contributed by atoms with Crippen molar-refractivity contribution in [2.75, 3.05) is 20.1 Å². The lowest BCUT2D eigenvalue weighted by Gasteiger charge is -2.35. The van der Waals surface area contributed by atoms with E-state index >= 15 is 0 Å². The molecule has 0 saturated carbocycles. The molecule has 4 nitrogen and oxygen atoms in total. The number of nitrogens with one attached hydrogen (secondary N) is 1. The van der Waals surface area contributed by atoms with E-state index in [9.17, 15) is 5.11 Å². The molecule has 94 valence electrons. The van der Waals surface area contributed by atoms with E-state index < -0.39 is 0 Å². The zero-order valence-corrected chi connectivity index (χ0v) is 10.3. The number of hydrogen-bond acceptors (Lipinski definition) is 4. The number of hydrogen-bond donors (Lipinski definition) is 2. The molecule has 0 aromatic carbocycles. The third-order valence-corrected chi connectivity index (χ3v) is 3.44. The Morgan fingerprint density at radius 1 is 1.47 bits per heavy atom. The molecule has 17 heavy (non-hydrogen) atoms. The van der Waals surface area contributed by atoms with Gasteiger partial charge in [0.05, 0.1) is 6.10 Å². The van der Waals surface area contributed by atoms with Crippen LogP contribution < -0.4 is 5.32 Å². The smallest absolute Gasteiger partial charge is 0.0567 e. The Balaban J connectivity index is 1.74. The minimum absolute atomic E-state index is 0.126. The van der Waals surface area contributed by atoms with Gasteiger partial charge in [-0.05, 0) is 37.6 Å². The molecule has 0 aliphatic carbocycles. The average molecular weight is 235 g/mol. The Morgan fingerprint density at radius 2 is 2.24 bits per heavy atom. The Morgan fingerprint density at radius 3 is 3.00 bits per heavy atom. The first kappa shape index (κ1) is 12.5. The predicted octanol–water partition coefficient (Wildman–Crippen LogP) is 0.626. The van der Waals surface area contributed by atoms with E-state index in [0.29, 0.717) is 6.04 Å². The number of piperidine rings is 1. The molecule has 0 amide bonds. The summed E-state index contributed by atoms with van der Waals surface area (Å²) in [4.78, 5) is 6.32. The summed E-state index contributed by atoms with van der Waals surface area (Å²) in [5.74, 6) is 0. The second-order valence-electron chi connectivity index (χ2n) is 4.80. The molecule has 0 spiro atoms. The average Bonchev–Trinajstić information content (AvgIpc) is 2.35. The highest BCUT2D eigenvalue weighted by molar-refractivity contribution is 5.09. The van der Waals surface area contributed by atoms with Gasteiger partial charge in [-0.15, -0.1) is 0 Å². The van der Waals surface area contributed by atoms with Crippen molar-refractivity contribution in [1.82, 2.24) is 15.2 Å². The van der Waals surface area contributed by atoms with Gasteiger partial charge in [0.25, 0.3) is 0 Å². The molecule has 4 heteroatoms. The number of aliphatic hydroxyl groups excluding tert-OH is 1. The van der Waals surface area contributed by atoms with Crippen LogP contribution in [0.4, 0.5) is 0 Å². The number of rotatable bonds is 4. The second-order valence-corrected chi connectivity index (χ2v) is 4.80. The van der Waals surface area contributed by atoms with Gasteiger partial charge in [0.1, 0.15) is 0 Å². The lowest BCUT2D eigenvalue weighted by Crippen LogP contribution is -2.46. The maximum atomic E-state index is 9.65. The van der Waals surface area contributed by atoms with Crippen molar-refractivity contribution in [2.45, 2.75) is 31.5 Å². The highest BCUT2D eigenvalue weighted by atomic mass is 16.3. The van der Waals surface area contributed by atoms with E-state index in [1.54, 1.807) is 0 Å². The normalized spacial score (nSPS) is 26.0. The topological polar surface area (TPSA) is 48.4 Å². The zero-order chi connectivity index (χ0) is 12.1. The largest absolute Gasteiger partial charge is 0.393 e. The van der Waals surface area contributed by atoms with Gasteiger partial charge in [-0.3, -0.25) is 4.98 Å². The fourth-order valence-corrected chi connectivity index (χ4v) is 2.27. The van der Waals surface area contributed by atoms with Crippen molar-refractivity contribution in [1.29, 1.82) is 0 Å². The summed E-state index contributed by atoms with van der Waals surface area (Å²) in [6, 6.07) is 4.49. The number of likely N-dealkylation sites (N-methyl/N-ethyl adjacent to an activating group) is 1. The molecule has 1 aromatic rings. The minimum Gasteiger partial charge on any atom is -0.393 e. The molecular formula is C13H21N3O. The van der Waals surface area contributed by atoms with Crippen LogP contribution in [0.5, 0.6) is 0 Å². The molecule has 1 aliphatic rings. The summed E-state index contributed by atoms with van der Waals surface area (Å²) in [6.45, 7) is 2.78. The predicted molar refractivity (Wildman–Crippen MR) is 67.6 cm³/mol. The van der Waals surface area contributed by atoms with Gasteiger partial charge in [0, 0.05) is 38.1 Å². The first-order valence-electron chi connectivity index (χ1n) is 6.23. The van der Waals surface area contributed by atoms with Gasteiger partial charge in [-0.1, -0.05) is 0 Å². The van der Waals surface area contributed by atoms with Crippen LogP contribution in [-0.4, -0.2) is 47.3 Å². The van der Waals surface area contributed by atoms with Crippen LogP contribution in [0.25, 0.3) is 0 Å². The van der Waals surface area contributed by atoms with E-state index in [0.717, 1.165) is 32.5 Å². The third kappa shape index (κ3) is 3.77. The van der Waals surface area contributed by atoms with Crippen molar-refractivity contribution in [3.63, 3.8) is 0 Å². The molecule has 2 N–H and O–H groups in total. The SMILES string of the molecule is CN1CCC(O)CC1CNCc1ccncc1. The molecule has 1 aliphatic heterocycles. The van der Waals surface area contributed by atoms with Crippen molar-refractivity contribution < 1.29 is 5.11 Å². The summed E-state index contributed by atoms with van der Waals surface area (Å²) < 4.78 is 0. The second kappa shape index (κ2) is 6.10. The molecule has 1 aromatic heterocycles. The van der Waals surface area contributed by atoms with E-state index in [-0.39, 0.29) is 6.10 Å². The number of nitrogens with zero attached hydrogens (tertiary/aromatic N) is 2. The molecule has 2 unspecified atom stereocenters. The Kier molecular flexibility index (Phi) is 4.48. The Hall–Kier alpha value is -0.970. The summed E-state index contributed by atoms with van der Waals surface area (Å²) >= 11 is 0. The quantitative estimate of drug-likeness (QED) is 0.803. The van der Waals surface area contributed by atoms with E-state index in [1.165, 1.54) is 5.56 Å². The molecule has 1 fully saturated rings. The Labute approximate surface area is 103 Å². The first-order valence-corrected chi connectivity index (χ1v) is 6.23. The van der Waals surface area contributed by atoms with E-state index in [1.807, 2.05) is 24.5 Å². The number of likely N-dealkylation sites (tertiary alicyclic amines) is 1. The van der Waals surface area contributed by atoms with Crippen molar-refractivity contribution in [3.05, 3.63) is 30.1 Å². The van der Waals surface area contributed by atoms with Gasteiger partial charge >= 0.3 is 0 Å². The molecule has 2 rings (SSSR count). The van der Waals surface area contributed by atoms with Crippen molar-refractivity contribution >= 4 is 0 Å². The van der Waals surface area contributed by atoms with Gasteiger partial charge in [0.15, 0.2) is 0 Å². The Bertz CT molecular complexity index is 331. The van der Waals surface area contributed by atoms with Crippen LogP contribution in [0, 0.1) is 0 Å². The zero-order valence-electron chi connectivity index (χ0n) is 10.3. The van der Waals surface area contributed by atoms with E-state index in [4.69, 9.17) is 0 Å². The highest BCUT2D eigenvalue weighted by Crippen LogP contribution is 2.15. The maximum absolute atomic E-state index is 9.65. The molecule has 2 heterocycles. The monoisotopic (exact) mass is 235 g/mol. The summed E-state index contributed by atoms with van der Waals surface area (Å²) in [5.41, 5.74) is 1.25. The number of pyridine rings is 1.